The van der Waals surface area contributed by atoms with Crippen LogP contribution in [0.5, 0.6) is 0 Å². The second-order valence-corrected chi connectivity index (χ2v) is 20.8. The van der Waals surface area contributed by atoms with Gasteiger partial charge in [-0.1, -0.05) is 0 Å². The molecule has 0 heterocycles. The Balaban J connectivity index is 3.56. The molecule has 20 heavy (non-hydrogen) atoms. The minimum absolute atomic E-state index is 1.31. The average molecular weight is 414 g/mol. The molecule has 0 spiro atoms. The normalized spacial score (nSPS) is 14.2. The van der Waals surface area contributed by atoms with E-state index in [1.165, 1.54) is 82.7 Å². The Bertz CT molecular complexity index is 212. The molecule has 0 rings (SSSR count). The maximum atomic E-state index is 2.92. The molecule has 0 saturated heterocycles. The van der Waals surface area contributed by atoms with Crippen LogP contribution in [-0.2, 0) is 0 Å². The van der Waals surface area contributed by atoms with Gasteiger partial charge < -0.3 is 0 Å². The van der Waals surface area contributed by atoms with E-state index in [4.69, 9.17) is 0 Å². The summed E-state index contributed by atoms with van der Waals surface area (Å²) in [5.74, 6) is 0. The second kappa shape index (κ2) is 11.7. The molecule has 0 aliphatic carbocycles. The summed E-state index contributed by atoms with van der Waals surface area (Å²) in [7, 11) is 0. The molecule has 0 aliphatic rings. The molecule has 0 saturated carbocycles. The van der Waals surface area contributed by atoms with Crippen LogP contribution in [0.4, 0.5) is 0 Å². The number of hydrogen-bond acceptors (Lipinski definition) is 0. The summed E-state index contributed by atoms with van der Waals surface area (Å²) in [6.07, 6.45) is 20.5. The van der Waals surface area contributed by atoms with Crippen LogP contribution in [0.2, 0.25) is 0 Å². The Kier molecular flexibility index (Phi) is 12.4. The molecule has 124 valence electrons. The minimum atomic E-state index is -1.31. The van der Waals surface area contributed by atoms with E-state index in [1.807, 2.05) is 0 Å². The van der Waals surface area contributed by atoms with Crippen LogP contribution in [0.15, 0.2) is 0 Å². The summed E-state index contributed by atoms with van der Waals surface area (Å²) < 4.78 is -1.31. The van der Waals surface area contributed by atoms with Crippen molar-refractivity contribution < 1.29 is 0 Å². The Morgan fingerprint density at radius 2 is 0.900 bits per heavy atom. The van der Waals surface area contributed by atoms with E-state index < -0.39 is 4.25 Å². The third-order valence-electron chi connectivity index (χ3n) is 5.44. The topological polar surface area (TPSA) is 0 Å². The van der Waals surface area contributed by atoms with Gasteiger partial charge in [-0.3, -0.25) is 0 Å². The molecule has 0 aliphatic heterocycles. The van der Waals surface area contributed by atoms with Crippen LogP contribution >= 0.6 is 26.3 Å². The summed E-state index contributed by atoms with van der Waals surface area (Å²) in [5, 5.41) is 0. The van der Waals surface area contributed by atoms with Gasteiger partial charge in [0, 0.05) is 0 Å². The summed E-state index contributed by atoms with van der Waals surface area (Å²) in [4.78, 5) is 0. The fourth-order valence-electron chi connectivity index (χ4n) is 3.14. The van der Waals surface area contributed by atoms with E-state index in [0.29, 0.717) is 0 Å². The summed E-state index contributed by atoms with van der Waals surface area (Å²) in [5.41, 5.74) is 0. The van der Waals surface area contributed by atoms with Crippen molar-refractivity contribution in [2.45, 2.75) is 91.9 Å². The van der Waals surface area contributed by atoms with Crippen LogP contribution in [-0.4, -0.2) is 24.6 Å². The summed E-state index contributed by atoms with van der Waals surface area (Å²) >= 11 is 2.92. The number of unbranched alkanes of at least 4 members (excludes halogenated alkanes) is 9. The Morgan fingerprint density at radius 3 is 1.25 bits per heavy atom. The quantitative estimate of drug-likeness (QED) is 0.154. The van der Waals surface area contributed by atoms with E-state index in [-0.39, 0.29) is 0 Å². The fourth-order valence-corrected chi connectivity index (χ4v) is 7.47. The Labute approximate surface area is 142 Å². The van der Waals surface area contributed by atoms with E-state index in [2.05, 4.69) is 49.7 Å². The first-order valence-corrected chi connectivity index (χ1v) is 15.0. The van der Waals surface area contributed by atoms with Crippen molar-refractivity contribution in [3.05, 3.63) is 0 Å². The molecular formula is C18H40IP. The van der Waals surface area contributed by atoms with Gasteiger partial charge in [-0.25, -0.2) is 0 Å². The van der Waals surface area contributed by atoms with Crippen molar-refractivity contribution in [2.75, 3.05) is 24.6 Å². The summed E-state index contributed by atoms with van der Waals surface area (Å²) in [6, 6.07) is 0. The second-order valence-electron chi connectivity index (χ2n) is 6.67. The van der Waals surface area contributed by atoms with Crippen molar-refractivity contribution in [1.82, 2.24) is 0 Å². The zero-order chi connectivity index (χ0) is 15.3. The standard InChI is InChI=1S/C18H40IP/c1-5-9-10-11-12-13-14-15-16-17-18-20(19,6-2,7-3)8-4/h5-18H2,1-4H3. The van der Waals surface area contributed by atoms with Gasteiger partial charge in [0.1, 0.15) is 0 Å². The van der Waals surface area contributed by atoms with Gasteiger partial charge in [0.05, 0.1) is 0 Å². The molecule has 0 nitrogen and oxygen atoms in total. The first-order chi connectivity index (χ1) is 9.54. The van der Waals surface area contributed by atoms with Crippen molar-refractivity contribution in [1.29, 1.82) is 0 Å². The molecule has 2 heteroatoms. The Hall–Kier alpha value is 1.16. The molecule has 0 N–H and O–H groups in total. The predicted molar refractivity (Wildman–Crippen MR) is 109 cm³/mol. The maximum absolute atomic E-state index is 2.92. The van der Waals surface area contributed by atoms with E-state index in [1.54, 1.807) is 6.16 Å². The van der Waals surface area contributed by atoms with Gasteiger partial charge in [-0.2, -0.15) is 0 Å². The third-order valence-corrected chi connectivity index (χ3v) is 19.2. The molecule has 0 unspecified atom stereocenters. The van der Waals surface area contributed by atoms with Crippen LogP contribution in [0.25, 0.3) is 0 Å². The molecule has 0 aromatic carbocycles. The van der Waals surface area contributed by atoms with Crippen LogP contribution in [0, 0.1) is 0 Å². The molecular weight excluding hydrogens is 374 g/mol. The predicted octanol–water partition coefficient (Wildman–Crippen LogP) is 7.87. The molecule has 0 amide bonds. The number of hydrogen-bond donors (Lipinski definition) is 0. The molecule has 0 aromatic heterocycles. The first-order valence-electron chi connectivity index (χ1n) is 9.26. The van der Waals surface area contributed by atoms with Gasteiger partial charge >= 0.3 is 143 Å². The van der Waals surface area contributed by atoms with Crippen molar-refractivity contribution in [2.24, 2.45) is 0 Å². The zero-order valence-electron chi connectivity index (χ0n) is 14.7. The van der Waals surface area contributed by atoms with Crippen molar-refractivity contribution in [3.63, 3.8) is 0 Å². The van der Waals surface area contributed by atoms with Gasteiger partial charge in [-0.15, -0.1) is 0 Å². The van der Waals surface area contributed by atoms with Gasteiger partial charge in [0.2, 0.25) is 0 Å². The fraction of sp³-hybridized carbons (Fsp3) is 1.00. The van der Waals surface area contributed by atoms with Crippen molar-refractivity contribution >= 4 is 26.3 Å². The van der Waals surface area contributed by atoms with Crippen LogP contribution in [0.1, 0.15) is 91.9 Å². The van der Waals surface area contributed by atoms with Gasteiger partial charge in [0.15, 0.2) is 0 Å². The van der Waals surface area contributed by atoms with E-state index in [9.17, 15) is 0 Å². The average Bonchev–Trinajstić information content (AvgIpc) is 2.49. The van der Waals surface area contributed by atoms with E-state index in [0.717, 1.165) is 0 Å². The zero-order valence-corrected chi connectivity index (χ0v) is 17.8. The van der Waals surface area contributed by atoms with Crippen molar-refractivity contribution in [3.8, 4) is 0 Å². The molecule has 0 radical (unpaired) electrons. The van der Waals surface area contributed by atoms with Gasteiger partial charge in [0.25, 0.3) is 0 Å². The summed E-state index contributed by atoms with van der Waals surface area (Å²) in [6.45, 7) is 9.61. The molecule has 0 aromatic rings. The van der Waals surface area contributed by atoms with Gasteiger partial charge in [-0.05, 0) is 0 Å². The van der Waals surface area contributed by atoms with E-state index >= 15 is 0 Å². The molecule has 0 fully saturated rings. The molecule has 0 bridgehead atoms. The van der Waals surface area contributed by atoms with Crippen LogP contribution in [0.3, 0.4) is 0 Å². The number of rotatable bonds is 14. The SMILES string of the molecule is CCCCCCCCCCCCP(I)(CC)(CC)CC. The Morgan fingerprint density at radius 1 is 0.550 bits per heavy atom. The molecule has 0 atom stereocenters. The third kappa shape index (κ3) is 8.57. The monoisotopic (exact) mass is 414 g/mol. The van der Waals surface area contributed by atoms with Crippen LogP contribution < -0.4 is 0 Å². The first kappa shape index (κ1) is 21.2. The number of halogens is 1.